The normalized spacial score (nSPS) is 12.6. The van der Waals surface area contributed by atoms with Crippen LogP contribution in [0.1, 0.15) is 57.5 Å². The Labute approximate surface area is 154 Å². The lowest BCUT2D eigenvalue weighted by Crippen LogP contribution is -2.40. The maximum Gasteiger partial charge on any atom is 0.321 e. The Morgan fingerprint density at radius 2 is 1.50 bits per heavy atom. The van der Waals surface area contributed by atoms with Gasteiger partial charge in [0.25, 0.3) is 0 Å². The second-order valence-corrected chi connectivity index (χ2v) is 7.04. The van der Waals surface area contributed by atoms with E-state index in [9.17, 15) is 14.4 Å². The number of esters is 3. The number of aromatic amines is 1. The third kappa shape index (κ3) is 5.61. The van der Waals surface area contributed by atoms with E-state index in [2.05, 4.69) is 4.98 Å². The molecule has 0 saturated carbocycles. The van der Waals surface area contributed by atoms with Gasteiger partial charge in [-0.05, 0) is 60.1 Å². The van der Waals surface area contributed by atoms with Crippen molar-refractivity contribution < 1.29 is 28.6 Å². The van der Waals surface area contributed by atoms with E-state index in [0.717, 1.165) is 11.3 Å². The van der Waals surface area contributed by atoms with E-state index in [4.69, 9.17) is 14.2 Å². The Kier molecular flexibility index (Phi) is 7.41. The molecule has 0 aliphatic carbocycles. The van der Waals surface area contributed by atoms with Gasteiger partial charge in [-0.25, -0.2) is 0 Å². The SMILES string of the molecule is CCOC(=O)C(C(=O)OCC)[C@@H](C(=O)OC(C)(C)C)c1[nH]c(C)cc1C. The van der Waals surface area contributed by atoms with E-state index < -0.39 is 35.3 Å². The summed E-state index contributed by atoms with van der Waals surface area (Å²) >= 11 is 0. The first-order chi connectivity index (χ1) is 12.0. The number of nitrogens with one attached hydrogen (secondary N) is 1. The molecule has 1 aromatic rings. The zero-order valence-electron chi connectivity index (χ0n) is 16.6. The number of aromatic nitrogens is 1. The zero-order chi connectivity index (χ0) is 20.1. The topological polar surface area (TPSA) is 94.7 Å². The van der Waals surface area contributed by atoms with Crippen LogP contribution in [-0.2, 0) is 28.6 Å². The number of ether oxygens (including phenoxy) is 3. The summed E-state index contributed by atoms with van der Waals surface area (Å²) in [6.07, 6.45) is 0. The van der Waals surface area contributed by atoms with Gasteiger partial charge in [0.05, 0.1) is 13.2 Å². The molecule has 26 heavy (non-hydrogen) atoms. The minimum Gasteiger partial charge on any atom is -0.465 e. The molecule has 1 rings (SSSR count). The van der Waals surface area contributed by atoms with Crippen LogP contribution in [0.25, 0.3) is 0 Å². The Morgan fingerprint density at radius 3 is 1.85 bits per heavy atom. The van der Waals surface area contributed by atoms with Gasteiger partial charge in [-0.2, -0.15) is 0 Å². The number of carbonyl (C=O) groups excluding carboxylic acids is 3. The summed E-state index contributed by atoms with van der Waals surface area (Å²) in [6, 6.07) is 1.83. The van der Waals surface area contributed by atoms with Crippen LogP contribution < -0.4 is 0 Å². The van der Waals surface area contributed by atoms with Crippen molar-refractivity contribution in [2.75, 3.05) is 13.2 Å². The second-order valence-electron chi connectivity index (χ2n) is 7.04. The van der Waals surface area contributed by atoms with Gasteiger partial charge in [0, 0.05) is 11.4 Å². The Hall–Kier alpha value is -2.31. The van der Waals surface area contributed by atoms with E-state index in [0.29, 0.717) is 5.69 Å². The van der Waals surface area contributed by atoms with Gasteiger partial charge in [0.15, 0.2) is 5.92 Å². The zero-order valence-corrected chi connectivity index (χ0v) is 16.6. The monoisotopic (exact) mass is 367 g/mol. The van der Waals surface area contributed by atoms with Crippen molar-refractivity contribution in [3.63, 3.8) is 0 Å². The number of carbonyl (C=O) groups is 3. The first kappa shape index (κ1) is 21.7. The second kappa shape index (κ2) is 8.87. The van der Waals surface area contributed by atoms with E-state index in [1.54, 1.807) is 41.5 Å². The summed E-state index contributed by atoms with van der Waals surface area (Å²) in [5, 5.41) is 0. The molecule has 0 fully saturated rings. The van der Waals surface area contributed by atoms with Crippen LogP contribution in [0, 0.1) is 19.8 Å². The quantitative estimate of drug-likeness (QED) is 0.452. The molecular formula is C19H29NO6. The summed E-state index contributed by atoms with van der Waals surface area (Å²) in [5.41, 5.74) is 1.22. The maximum atomic E-state index is 12.9. The Balaban J connectivity index is 3.46. The molecule has 0 aromatic carbocycles. The highest BCUT2D eigenvalue weighted by Gasteiger charge is 2.45. The molecule has 0 radical (unpaired) electrons. The van der Waals surface area contributed by atoms with Gasteiger partial charge in [0.2, 0.25) is 0 Å². The summed E-state index contributed by atoms with van der Waals surface area (Å²) in [4.78, 5) is 41.0. The lowest BCUT2D eigenvalue weighted by atomic mass is 9.87. The molecule has 146 valence electrons. The van der Waals surface area contributed by atoms with Crippen molar-refractivity contribution >= 4 is 17.9 Å². The van der Waals surface area contributed by atoms with Gasteiger partial charge < -0.3 is 19.2 Å². The number of rotatable bonds is 7. The molecule has 0 saturated heterocycles. The lowest BCUT2D eigenvalue weighted by Gasteiger charge is -2.27. The standard InChI is InChI=1S/C19H29NO6/c1-8-24-16(21)14(17(22)25-9-2)13(18(23)26-19(5,6)7)15-11(3)10-12(4)20-15/h10,13-14,20H,8-9H2,1-7H3/t13-/m1/s1. The fourth-order valence-corrected chi connectivity index (χ4v) is 2.69. The van der Waals surface area contributed by atoms with E-state index in [-0.39, 0.29) is 13.2 Å². The minimum absolute atomic E-state index is 0.0819. The molecule has 0 amide bonds. The van der Waals surface area contributed by atoms with Gasteiger partial charge >= 0.3 is 17.9 Å². The number of aryl methyl sites for hydroxylation is 2. The fraction of sp³-hybridized carbons (Fsp3) is 0.632. The van der Waals surface area contributed by atoms with Crippen molar-refractivity contribution in [3.05, 3.63) is 23.0 Å². The first-order valence-corrected chi connectivity index (χ1v) is 8.74. The van der Waals surface area contributed by atoms with Gasteiger partial charge in [-0.1, -0.05) is 0 Å². The van der Waals surface area contributed by atoms with Crippen LogP contribution in [0.4, 0.5) is 0 Å². The molecule has 1 aromatic heterocycles. The number of hydrogen-bond acceptors (Lipinski definition) is 6. The molecule has 1 heterocycles. The van der Waals surface area contributed by atoms with Gasteiger partial charge in [-0.3, -0.25) is 14.4 Å². The van der Waals surface area contributed by atoms with Crippen molar-refractivity contribution in [3.8, 4) is 0 Å². The predicted molar refractivity (Wildman–Crippen MR) is 95.6 cm³/mol. The molecule has 7 heteroatoms. The highest BCUT2D eigenvalue weighted by Crippen LogP contribution is 2.32. The Morgan fingerprint density at radius 1 is 1.00 bits per heavy atom. The average molecular weight is 367 g/mol. The fourth-order valence-electron chi connectivity index (χ4n) is 2.69. The molecule has 1 atom stereocenters. The molecule has 1 N–H and O–H groups in total. The molecule has 0 bridgehead atoms. The van der Waals surface area contributed by atoms with Crippen LogP contribution in [-0.4, -0.2) is 41.7 Å². The molecule has 0 unspecified atom stereocenters. The van der Waals surface area contributed by atoms with Crippen molar-refractivity contribution in [2.45, 2.75) is 60.0 Å². The van der Waals surface area contributed by atoms with Crippen LogP contribution >= 0.6 is 0 Å². The van der Waals surface area contributed by atoms with Crippen molar-refractivity contribution in [2.24, 2.45) is 5.92 Å². The molecule has 0 spiro atoms. The van der Waals surface area contributed by atoms with Crippen LogP contribution in [0.3, 0.4) is 0 Å². The van der Waals surface area contributed by atoms with E-state index in [1.807, 2.05) is 13.0 Å². The maximum absolute atomic E-state index is 12.9. The van der Waals surface area contributed by atoms with Crippen LogP contribution in [0.2, 0.25) is 0 Å². The first-order valence-electron chi connectivity index (χ1n) is 8.74. The molecule has 7 nitrogen and oxygen atoms in total. The highest BCUT2D eigenvalue weighted by atomic mass is 16.6. The summed E-state index contributed by atoms with van der Waals surface area (Å²) in [5.74, 6) is -4.93. The average Bonchev–Trinajstić information content (AvgIpc) is 2.81. The predicted octanol–water partition coefficient (Wildman–Crippen LogP) is 2.80. The van der Waals surface area contributed by atoms with E-state index in [1.165, 1.54) is 0 Å². The molecular weight excluding hydrogens is 338 g/mol. The van der Waals surface area contributed by atoms with Gasteiger partial charge in [0.1, 0.15) is 11.5 Å². The lowest BCUT2D eigenvalue weighted by molar-refractivity contribution is -0.172. The smallest absolute Gasteiger partial charge is 0.321 e. The summed E-state index contributed by atoms with van der Waals surface area (Å²) in [6.45, 7) is 12.2. The largest absolute Gasteiger partial charge is 0.465 e. The minimum atomic E-state index is -1.44. The Bertz CT molecular complexity index is 637. The van der Waals surface area contributed by atoms with Crippen molar-refractivity contribution in [1.29, 1.82) is 0 Å². The molecule has 0 aliphatic rings. The number of H-pyrrole nitrogens is 1. The van der Waals surface area contributed by atoms with Crippen LogP contribution in [0.15, 0.2) is 6.07 Å². The van der Waals surface area contributed by atoms with Crippen molar-refractivity contribution in [1.82, 2.24) is 4.98 Å². The summed E-state index contributed by atoms with van der Waals surface area (Å²) < 4.78 is 15.6. The van der Waals surface area contributed by atoms with Crippen LogP contribution in [0.5, 0.6) is 0 Å². The highest BCUT2D eigenvalue weighted by molar-refractivity contribution is 6.01. The number of hydrogen-bond donors (Lipinski definition) is 1. The van der Waals surface area contributed by atoms with Gasteiger partial charge in [-0.15, -0.1) is 0 Å². The summed E-state index contributed by atoms with van der Waals surface area (Å²) in [7, 11) is 0. The third-order valence-electron chi connectivity index (χ3n) is 3.58. The molecule has 0 aliphatic heterocycles. The van der Waals surface area contributed by atoms with E-state index >= 15 is 0 Å². The third-order valence-corrected chi connectivity index (χ3v) is 3.58.